The van der Waals surface area contributed by atoms with Crippen LogP contribution in [0.2, 0.25) is 0 Å². The molecule has 1 unspecified atom stereocenters. The summed E-state index contributed by atoms with van der Waals surface area (Å²) in [5.41, 5.74) is 0. The van der Waals surface area contributed by atoms with Crippen LogP contribution in [0.3, 0.4) is 0 Å². The molecule has 0 radical (unpaired) electrons. The summed E-state index contributed by atoms with van der Waals surface area (Å²) >= 11 is 1.72. The lowest BCUT2D eigenvalue weighted by atomic mass is 10.2. The molecule has 116 valence electrons. The van der Waals surface area contributed by atoms with E-state index < -0.39 is 12.0 Å². The molecule has 1 aliphatic rings. The van der Waals surface area contributed by atoms with E-state index in [9.17, 15) is 9.18 Å². The van der Waals surface area contributed by atoms with E-state index in [0.717, 1.165) is 43.4 Å². The number of benzene rings is 1. The van der Waals surface area contributed by atoms with Crippen LogP contribution < -0.4 is 0 Å². The van der Waals surface area contributed by atoms with E-state index in [1.807, 2.05) is 4.90 Å². The molecule has 1 aromatic rings. The molecule has 0 aromatic heterocycles. The van der Waals surface area contributed by atoms with Gasteiger partial charge >= 0.3 is 5.97 Å². The molecule has 0 aliphatic carbocycles. The average Bonchev–Trinajstić information content (AvgIpc) is 2.49. The van der Waals surface area contributed by atoms with Gasteiger partial charge in [-0.1, -0.05) is 0 Å². The van der Waals surface area contributed by atoms with E-state index >= 15 is 0 Å². The van der Waals surface area contributed by atoms with E-state index in [-0.39, 0.29) is 5.82 Å². The molecule has 0 saturated carbocycles. The molecule has 0 amide bonds. The highest BCUT2D eigenvalue weighted by Crippen LogP contribution is 2.18. The zero-order chi connectivity index (χ0) is 15.2. The molecule has 2 rings (SSSR count). The van der Waals surface area contributed by atoms with E-state index in [2.05, 4.69) is 4.90 Å². The summed E-state index contributed by atoms with van der Waals surface area (Å²) in [4.78, 5) is 16.4. The Labute approximate surface area is 128 Å². The summed E-state index contributed by atoms with van der Waals surface area (Å²) in [6.07, 6.45) is 0. The Morgan fingerprint density at radius 3 is 2.48 bits per heavy atom. The van der Waals surface area contributed by atoms with Crippen molar-refractivity contribution in [1.82, 2.24) is 9.80 Å². The van der Waals surface area contributed by atoms with Gasteiger partial charge in [0.1, 0.15) is 11.9 Å². The van der Waals surface area contributed by atoms with Crippen molar-refractivity contribution in [1.29, 1.82) is 0 Å². The fraction of sp³-hybridized carbons (Fsp3) is 0.533. The van der Waals surface area contributed by atoms with Gasteiger partial charge in [-0.25, -0.2) is 4.39 Å². The Kier molecular flexibility index (Phi) is 6.02. The molecule has 1 aliphatic heterocycles. The molecule has 1 fully saturated rings. The van der Waals surface area contributed by atoms with Crippen LogP contribution in [0.1, 0.15) is 6.92 Å². The summed E-state index contributed by atoms with van der Waals surface area (Å²) in [6, 6.07) is 6.16. The number of hydrogen-bond donors (Lipinski definition) is 1. The van der Waals surface area contributed by atoms with Crippen LogP contribution in [0.5, 0.6) is 0 Å². The standard InChI is InChI=1S/C15H21FN2O2S/c1-12(15(19)20)18-8-6-17(7-9-18)10-11-21-14-4-2-13(16)3-5-14/h2-5,12H,6-11H2,1H3,(H,19,20). The van der Waals surface area contributed by atoms with Crippen molar-refractivity contribution >= 4 is 17.7 Å². The number of hydrogen-bond acceptors (Lipinski definition) is 4. The van der Waals surface area contributed by atoms with Crippen molar-refractivity contribution in [3.63, 3.8) is 0 Å². The molecule has 4 nitrogen and oxygen atoms in total. The lowest BCUT2D eigenvalue weighted by Crippen LogP contribution is -2.52. The average molecular weight is 312 g/mol. The third kappa shape index (κ3) is 4.98. The highest BCUT2D eigenvalue weighted by molar-refractivity contribution is 7.99. The fourth-order valence-corrected chi connectivity index (χ4v) is 3.27. The first kappa shape index (κ1) is 16.3. The SMILES string of the molecule is CC(C(=O)O)N1CCN(CCSc2ccc(F)cc2)CC1. The molecule has 1 aromatic carbocycles. The lowest BCUT2D eigenvalue weighted by molar-refractivity contribution is -0.143. The number of carboxylic acid groups (broad SMARTS) is 1. The van der Waals surface area contributed by atoms with Crippen LogP contribution in [0.15, 0.2) is 29.2 Å². The second kappa shape index (κ2) is 7.77. The first-order valence-corrected chi connectivity index (χ1v) is 8.12. The van der Waals surface area contributed by atoms with Gasteiger partial charge in [-0.2, -0.15) is 0 Å². The van der Waals surface area contributed by atoms with Crippen molar-refractivity contribution in [2.24, 2.45) is 0 Å². The zero-order valence-electron chi connectivity index (χ0n) is 12.2. The zero-order valence-corrected chi connectivity index (χ0v) is 13.0. The lowest BCUT2D eigenvalue weighted by Gasteiger charge is -2.36. The van der Waals surface area contributed by atoms with Crippen LogP contribution in [0.4, 0.5) is 4.39 Å². The Morgan fingerprint density at radius 2 is 1.90 bits per heavy atom. The highest BCUT2D eigenvalue weighted by atomic mass is 32.2. The Balaban J connectivity index is 1.67. The summed E-state index contributed by atoms with van der Waals surface area (Å²) in [6.45, 7) is 6.12. The number of piperazine rings is 1. The summed E-state index contributed by atoms with van der Waals surface area (Å²) < 4.78 is 12.8. The Hall–Kier alpha value is -1.11. The largest absolute Gasteiger partial charge is 0.480 e. The summed E-state index contributed by atoms with van der Waals surface area (Å²) in [5, 5.41) is 9.00. The molecule has 6 heteroatoms. The molecule has 1 heterocycles. The van der Waals surface area contributed by atoms with Crippen molar-refractivity contribution in [3.05, 3.63) is 30.1 Å². The van der Waals surface area contributed by atoms with Crippen molar-refractivity contribution in [2.75, 3.05) is 38.5 Å². The highest BCUT2D eigenvalue weighted by Gasteiger charge is 2.24. The van der Waals surface area contributed by atoms with Crippen LogP contribution >= 0.6 is 11.8 Å². The number of carbonyl (C=O) groups is 1. The topological polar surface area (TPSA) is 43.8 Å². The first-order valence-electron chi connectivity index (χ1n) is 7.14. The van der Waals surface area contributed by atoms with Crippen LogP contribution in [0.25, 0.3) is 0 Å². The van der Waals surface area contributed by atoms with Crippen LogP contribution in [-0.4, -0.2) is 65.4 Å². The molecular formula is C15H21FN2O2S. The monoisotopic (exact) mass is 312 g/mol. The van der Waals surface area contributed by atoms with E-state index in [1.54, 1.807) is 30.8 Å². The molecular weight excluding hydrogens is 291 g/mol. The van der Waals surface area contributed by atoms with E-state index in [0.29, 0.717) is 0 Å². The quantitative estimate of drug-likeness (QED) is 0.814. The van der Waals surface area contributed by atoms with Gasteiger partial charge in [0.25, 0.3) is 0 Å². The molecule has 0 bridgehead atoms. The Bertz CT molecular complexity index is 461. The fourth-order valence-electron chi connectivity index (χ4n) is 2.35. The third-order valence-electron chi connectivity index (χ3n) is 3.80. The van der Waals surface area contributed by atoms with Gasteiger partial charge in [0.05, 0.1) is 0 Å². The normalized spacial score (nSPS) is 18.6. The maximum absolute atomic E-state index is 12.8. The Morgan fingerprint density at radius 1 is 1.29 bits per heavy atom. The third-order valence-corrected chi connectivity index (χ3v) is 4.79. The number of thioether (sulfide) groups is 1. The number of halogens is 1. The summed E-state index contributed by atoms with van der Waals surface area (Å²) in [7, 11) is 0. The van der Waals surface area contributed by atoms with Crippen molar-refractivity contribution < 1.29 is 14.3 Å². The second-order valence-electron chi connectivity index (χ2n) is 5.19. The number of rotatable bonds is 6. The van der Waals surface area contributed by atoms with Gasteiger partial charge in [0, 0.05) is 43.4 Å². The minimum atomic E-state index is -0.754. The molecule has 21 heavy (non-hydrogen) atoms. The minimum Gasteiger partial charge on any atom is -0.480 e. The van der Waals surface area contributed by atoms with E-state index in [4.69, 9.17) is 5.11 Å². The van der Waals surface area contributed by atoms with E-state index in [1.165, 1.54) is 12.1 Å². The smallest absolute Gasteiger partial charge is 0.320 e. The molecule has 0 spiro atoms. The maximum atomic E-state index is 12.8. The first-order chi connectivity index (χ1) is 10.1. The van der Waals surface area contributed by atoms with Crippen LogP contribution in [-0.2, 0) is 4.79 Å². The predicted octanol–water partition coefficient (Wildman–Crippen LogP) is 2.01. The van der Waals surface area contributed by atoms with Gasteiger partial charge in [0.2, 0.25) is 0 Å². The molecule has 1 saturated heterocycles. The van der Waals surface area contributed by atoms with Gasteiger partial charge < -0.3 is 5.11 Å². The minimum absolute atomic E-state index is 0.206. The molecule has 1 atom stereocenters. The maximum Gasteiger partial charge on any atom is 0.320 e. The van der Waals surface area contributed by atoms with Crippen molar-refractivity contribution in [3.8, 4) is 0 Å². The van der Waals surface area contributed by atoms with Crippen LogP contribution in [0, 0.1) is 5.82 Å². The van der Waals surface area contributed by atoms with Gasteiger partial charge in [-0.05, 0) is 31.2 Å². The number of nitrogens with zero attached hydrogens (tertiary/aromatic N) is 2. The summed E-state index contributed by atoms with van der Waals surface area (Å²) in [5.74, 6) is -0.00142. The number of carboxylic acids is 1. The van der Waals surface area contributed by atoms with Gasteiger partial charge in [-0.3, -0.25) is 14.6 Å². The van der Waals surface area contributed by atoms with Crippen molar-refractivity contribution in [2.45, 2.75) is 17.9 Å². The van der Waals surface area contributed by atoms with Gasteiger partial charge in [-0.15, -0.1) is 11.8 Å². The predicted molar refractivity (Wildman–Crippen MR) is 82.2 cm³/mol. The molecule has 1 N–H and O–H groups in total. The van der Waals surface area contributed by atoms with Gasteiger partial charge in [0.15, 0.2) is 0 Å². The second-order valence-corrected chi connectivity index (χ2v) is 6.36. The number of aliphatic carboxylic acids is 1.